The fourth-order valence-electron chi connectivity index (χ4n) is 2.55. The van der Waals surface area contributed by atoms with Crippen LogP contribution in [0.2, 0.25) is 0 Å². The smallest absolute Gasteiger partial charge is 0.189 e. The Morgan fingerprint density at radius 2 is 2.30 bits per heavy atom. The maximum atomic E-state index is 8.81. The van der Waals surface area contributed by atoms with Gasteiger partial charge in [-0.05, 0) is 31.4 Å². The lowest BCUT2D eigenvalue weighted by Gasteiger charge is -2.31. The van der Waals surface area contributed by atoms with Gasteiger partial charge in [-0.15, -0.1) is 0 Å². The Bertz CT molecular complexity index is 456. The minimum absolute atomic E-state index is 0.0600. The highest BCUT2D eigenvalue weighted by molar-refractivity contribution is 5.96. The average Bonchev–Trinajstić information content (AvgIpc) is 2.49. The van der Waals surface area contributed by atoms with Gasteiger partial charge in [-0.1, -0.05) is 11.2 Å². The normalized spacial score (nSPS) is 18.4. The third-order valence-corrected chi connectivity index (χ3v) is 3.57. The van der Waals surface area contributed by atoms with Crippen LogP contribution in [-0.4, -0.2) is 46.7 Å². The van der Waals surface area contributed by atoms with Crippen molar-refractivity contribution in [2.45, 2.75) is 32.4 Å². The van der Waals surface area contributed by atoms with Crippen molar-refractivity contribution >= 4 is 5.84 Å². The van der Waals surface area contributed by atoms with Crippen molar-refractivity contribution in [2.75, 3.05) is 19.7 Å². The number of nitrogens with two attached hydrogens (primary N) is 1. The first kappa shape index (κ1) is 14.7. The molecule has 1 aromatic rings. The van der Waals surface area contributed by atoms with Crippen LogP contribution in [-0.2, 0) is 11.3 Å². The molecule has 2 heterocycles. The Kier molecular flexibility index (Phi) is 5.31. The van der Waals surface area contributed by atoms with Gasteiger partial charge in [0.2, 0.25) is 0 Å². The summed E-state index contributed by atoms with van der Waals surface area (Å²) in [5.41, 5.74) is 7.20. The van der Waals surface area contributed by atoms with Crippen LogP contribution in [0.25, 0.3) is 0 Å². The molecule has 1 aromatic heterocycles. The predicted octanol–water partition coefficient (Wildman–Crippen LogP) is 1.18. The summed E-state index contributed by atoms with van der Waals surface area (Å²) in [6, 6.07) is 3.84. The molecule has 2 rings (SSSR count). The molecule has 1 aliphatic heterocycles. The van der Waals surface area contributed by atoms with Crippen molar-refractivity contribution in [1.29, 1.82) is 0 Å². The van der Waals surface area contributed by atoms with E-state index < -0.39 is 0 Å². The Balaban J connectivity index is 1.98. The van der Waals surface area contributed by atoms with Gasteiger partial charge in [0.25, 0.3) is 0 Å². The summed E-state index contributed by atoms with van der Waals surface area (Å²) < 4.78 is 5.65. The third kappa shape index (κ3) is 3.68. The number of ether oxygens (including phenoxy) is 1. The molecule has 0 spiro atoms. The number of likely N-dealkylation sites (tertiary alicyclic amines) is 1. The van der Waals surface area contributed by atoms with Crippen LogP contribution >= 0.6 is 0 Å². The summed E-state index contributed by atoms with van der Waals surface area (Å²) in [5, 5.41) is 11.8. The van der Waals surface area contributed by atoms with E-state index in [0.717, 1.165) is 44.6 Å². The molecule has 1 aliphatic rings. The van der Waals surface area contributed by atoms with E-state index in [1.54, 1.807) is 6.20 Å². The van der Waals surface area contributed by atoms with Gasteiger partial charge in [0.05, 0.1) is 6.10 Å². The number of hydrogen-bond donors (Lipinski definition) is 2. The van der Waals surface area contributed by atoms with Crippen molar-refractivity contribution in [3.05, 3.63) is 29.6 Å². The highest BCUT2D eigenvalue weighted by Crippen LogP contribution is 2.17. The lowest BCUT2D eigenvalue weighted by Crippen LogP contribution is -2.37. The van der Waals surface area contributed by atoms with Crippen molar-refractivity contribution in [2.24, 2.45) is 10.9 Å². The molecule has 0 aromatic carbocycles. The number of aromatic nitrogens is 1. The predicted molar refractivity (Wildman–Crippen MR) is 76.7 cm³/mol. The molecule has 0 bridgehead atoms. The molecule has 110 valence electrons. The molecular weight excluding hydrogens is 256 g/mol. The zero-order valence-electron chi connectivity index (χ0n) is 11.8. The van der Waals surface area contributed by atoms with Crippen LogP contribution in [0.15, 0.2) is 23.5 Å². The zero-order valence-corrected chi connectivity index (χ0v) is 11.8. The molecule has 6 heteroatoms. The standard InChI is InChI=1S/C14H22N4O2/c1-2-20-12-5-8-18(9-6-12)10-11-4-3-7-16-13(11)14(15)17-19/h3-4,7,12,19H,2,5-6,8-10H2,1H3,(H2,15,17). The van der Waals surface area contributed by atoms with E-state index in [2.05, 4.69) is 15.0 Å². The van der Waals surface area contributed by atoms with E-state index in [4.69, 9.17) is 15.7 Å². The molecule has 6 nitrogen and oxygen atoms in total. The van der Waals surface area contributed by atoms with E-state index in [-0.39, 0.29) is 5.84 Å². The molecule has 3 N–H and O–H groups in total. The minimum Gasteiger partial charge on any atom is -0.409 e. The number of nitrogens with zero attached hydrogens (tertiary/aromatic N) is 3. The highest BCUT2D eigenvalue weighted by atomic mass is 16.5. The maximum absolute atomic E-state index is 8.81. The van der Waals surface area contributed by atoms with Crippen LogP contribution in [0.5, 0.6) is 0 Å². The molecule has 1 fully saturated rings. The second-order valence-electron chi connectivity index (χ2n) is 4.93. The molecule has 0 radical (unpaired) electrons. The highest BCUT2D eigenvalue weighted by Gasteiger charge is 2.20. The number of amidine groups is 1. The summed E-state index contributed by atoms with van der Waals surface area (Å²) in [5.74, 6) is 0.0600. The van der Waals surface area contributed by atoms with Crippen molar-refractivity contribution in [1.82, 2.24) is 9.88 Å². The van der Waals surface area contributed by atoms with Gasteiger partial charge in [-0.2, -0.15) is 0 Å². The number of piperidine rings is 1. The summed E-state index contributed by atoms with van der Waals surface area (Å²) >= 11 is 0. The van der Waals surface area contributed by atoms with Crippen LogP contribution in [0.1, 0.15) is 31.0 Å². The third-order valence-electron chi connectivity index (χ3n) is 3.57. The Labute approximate surface area is 119 Å². The van der Waals surface area contributed by atoms with E-state index in [0.29, 0.717) is 11.8 Å². The Morgan fingerprint density at radius 1 is 1.55 bits per heavy atom. The lowest BCUT2D eigenvalue weighted by atomic mass is 10.1. The lowest BCUT2D eigenvalue weighted by molar-refractivity contribution is 0.0125. The first-order valence-electron chi connectivity index (χ1n) is 7.00. The number of pyridine rings is 1. The van der Waals surface area contributed by atoms with Gasteiger partial charge < -0.3 is 15.7 Å². The maximum Gasteiger partial charge on any atom is 0.189 e. The second-order valence-corrected chi connectivity index (χ2v) is 4.93. The second kappa shape index (κ2) is 7.21. The largest absolute Gasteiger partial charge is 0.409 e. The van der Waals surface area contributed by atoms with Crippen molar-refractivity contribution < 1.29 is 9.94 Å². The number of oxime groups is 1. The molecule has 0 unspecified atom stereocenters. The van der Waals surface area contributed by atoms with Gasteiger partial charge >= 0.3 is 0 Å². The summed E-state index contributed by atoms with van der Waals surface area (Å²) in [6.45, 7) is 5.56. The average molecular weight is 278 g/mol. The van der Waals surface area contributed by atoms with Crippen LogP contribution in [0, 0.1) is 0 Å². The van der Waals surface area contributed by atoms with Crippen LogP contribution in [0.4, 0.5) is 0 Å². The van der Waals surface area contributed by atoms with E-state index in [1.807, 2.05) is 19.1 Å². The van der Waals surface area contributed by atoms with Crippen LogP contribution < -0.4 is 5.73 Å². The molecule has 0 aliphatic carbocycles. The quantitative estimate of drug-likeness (QED) is 0.366. The van der Waals surface area contributed by atoms with E-state index in [1.165, 1.54) is 0 Å². The first-order valence-corrected chi connectivity index (χ1v) is 7.00. The van der Waals surface area contributed by atoms with E-state index >= 15 is 0 Å². The van der Waals surface area contributed by atoms with Crippen LogP contribution in [0.3, 0.4) is 0 Å². The van der Waals surface area contributed by atoms with Gasteiger partial charge in [0, 0.05) is 32.4 Å². The summed E-state index contributed by atoms with van der Waals surface area (Å²) in [4.78, 5) is 6.54. The molecule has 0 saturated carbocycles. The fraction of sp³-hybridized carbons (Fsp3) is 0.571. The molecule has 0 amide bonds. The molecule has 0 atom stereocenters. The fourth-order valence-corrected chi connectivity index (χ4v) is 2.55. The van der Waals surface area contributed by atoms with Gasteiger partial charge in [-0.3, -0.25) is 9.88 Å². The Hall–Kier alpha value is -1.66. The van der Waals surface area contributed by atoms with Gasteiger partial charge in [0.1, 0.15) is 5.69 Å². The van der Waals surface area contributed by atoms with Gasteiger partial charge in [-0.25, -0.2) is 0 Å². The van der Waals surface area contributed by atoms with Crippen molar-refractivity contribution in [3.63, 3.8) is 0 Å². The molecular formula is C14H22N4O2. The number of hydrogen-bond acceptors (Lipinski definition) is 5. The number of rotatable bonds is 5. The Morgan fingerprint density at radius 3 is 2.95 bits per heavy atom. The first-order chi connectivity index (χ1) is 9.74. The monoisotopic (exact) mass is 278 g/mol. The summed E-state index contributed by atoms with van der Waals surface area (Å²) in [6.07, 6.45) is 4.13. The SMILES string of the molecule is CCOC1CCN(Cc2cccnc2C(N)=NO)CC1. The minimum atomic E-state index is 0.0600. The molecule has 20 heavy (non-hydrogen) atoms. The topological polar surface area (TPSA) is 84.0 Å². The van der Waals surface area contributed by atoms with E-state index in [9.17, 15) is 0 Å². The van der Waals surface area contributed by atoms with Gasteiger partial charge in [0.15, 0.2) is 5.84 Å². The summed E-state index contributed by atoms with van der Waals surface area (Å²) in [7, 11) is 0. The zero-order chi connectivity index (χ0) is 14.4. The molecule has 1 saturated heterocycles. The van der Waals surface area contributed by atoms with Crippen molar-refractivity contribution in [3.8, 4) is 0 Å².